The second-order valence-corrected chi connectivity index (χ2v) is 4.81. The van der Waals surface area contributed by atoms with Crippen LogP contribution in [0.5, 0.6) is 5.75 Å². The number of nitrogens with zero attached hydrogens (tertiary/aromatic N) is 2. The quantitative estimate of drug-likeness (QED) is 0.538. The fraction of sp³-hybridized carbons (Fsp3) is 0.118. The van der Waals surface area contributed by atoms with Gasteiger partial charge >= 0.3 is 0 Å². The van der Waals surface area contributed by atoms with Crippen molar-refractivity contribution in [1.29, 1.82) is 0 Å². The molecule has 0 radical (unpaired) electrons. The molecule has 7 heteroatoms. The highest BCUT2D eigenvalue weighted by molar-refractivity contribution is 5.94. The molecule has 0 aliphatic heterocycles. The van der Waals surface area contributed by atoms with Crippen LogP contribution in [-0.2, 0) is 0 Å². The number of H-pyrrole nitrogens is 1. The molecule has 2 aromatic heterocycles. The van der Waals surface area contributed by atoms with E-state index in [-0.39, 0.29) is 0 Å². The van der Waals surface area contributed by atoms with E-state index in [1.807, 2.05) is 31.2 Å². The molecular weight excluding hydrogens is 308 g/mol. The van der Waals surface area contributed by atoms with Gasteiger partial charge in [-0.3, -0.25) is 9.89 Å². The Hall–Kier alpha value is -3.35. The van der Waals surface area contributed by atoms with Crippen LogP contribution >= 0.6 is 0 Å². The number of hydrazone groups is 1. The van der Waals surface area contributed by atoms with Crippen LogP contribution < -0.4 is 10.2 Å². The zero-order valence-corrected chi connectivity index (χ0v) is 13.0. The lowest BCUT2D eigenvalue weighted by Crippen LogP contribution is -2.17. The van der Waals surface area contributed by atoms with Crippen molar-refractivity contribution in [2.45, 2.75) is 6.92 Å². The van der Waals surface area contributed by atoms with Gasteiger partial charge in [0, 0.05) is 5.56 Å². The maximum absolute atomic E-state index is 12.1. The summed E-state index contributed by atoms with van der Waals surface area (Å²) in [5.41, 5.74) is 4.15. The first kappa shape index (κ1) is 15.5. The van der Waals surface area contributed by atoms with Gasteiger partial charge in [0.05, 0.1) is 24.8 Å². The van der Waals surface area contributed by atoms with Gasteiger partial charge in [0.15, 0.2) is 0 Å². The second kappa shape index (κ2) is 7.28. The molecule has 1 amide bonds. The highest BCUT2D eigenvalue weighted by Gasteiger charge is 2.13. The van der Waals surface area contributed by atoms with Crippen molar-refractivity contribution in [2.75, 3.05) is 6.61 Å². The lowest BCUT2D eigenvalue weighted by Gasteiger charge is -2.07. The van der Waals surface area contributed by atoms with E-state index < -0.39 is 5.91 Å². The number of hydrogen-bond donors (Lipinski definition) is 2. The number of rotatable bonds is 6. The van der Waals surface area contributed by atoms with E-state index in [0.29, 0.717) is 29.5 Å². The molecule has 2 heterocycles. The van der Waals surface area contributed by atoms with Gasteiger partial charge < -0.3 is 9.15 Å². The summed E-state index contributed by atoms with van der Waals surface area (Å²) in [6.07, 6.45) is 2.94. The molecule has 0 saturated carbocycles. The van der Waals surface area contributed by atoms with Crippen molar-refractivity contribution in [1.82, 2.24) is 15.6 Å². The van der Waals surface area contributed by atoms with Gasteiger partial charge in [0.25, 0.3) is 5.91 Å². The predicted octanol–water partition coefficient (Wildman–Crippen LogP) is 2.83. The van der Waals surface area contributed by atoms with Crippen LogP contribution in [0.2, 0.25) is 0 Å². The van der Waals surface area contributed by atoms with Crippen LogP contribution in [0.4, 0.5) is 0 Å². The molecule has 122 valence electrons. The van der Waals surface area contributed by atoms with Crippen LogP contribution in [-0.4, -0.2) is 28.9 Å². The Kier molecular flexibility index (Phi) is 4.71. The zero-order valence-electron chi connectivity index (χ0n) is 13.0. The maximum Gasteiger partial charge on any atom is 0.289 e. The number of aromatic nitrogens is 2. The van der Waals surface area contributed by atoms with E-state index in [1.54, 1.807) is 18.2 Å². The van der Waals surface area contributed by atoms with E-state index in [9.17, 15) is 4.79 Å². The summed E-state index contributed by atoms with van der Waals surface area (Å²) in [6, 6.07) is 12.6. The number of ether oxygens (including phenoxy) is 1. The average molecular weight is 324 g/mol. The summed E-state index contributed by atoms with van der Waals surface area (Å²) in [7, 11) is 0. The van der Waals surface area contributed by atoms with Gasteiger partial charge in [-0.1, -0.05) is 12.1 Å². The number of furan rings is 1. The maximum atomic E-state index is 12.1. The van der Waals surface area contributed by atoms with Crippen LogP contribution in [0, 0.1) is 0 Å². The molecule has 0 fully saturated rings. The number of carbonyl (C=O) groups is 1. The SMILES string of the molecule is CCOc1ccccc1-c1cc(C(=O)NN=Cc2ccco2)[nH]n1. The minimum absolute atomic E-state index is 0.299. The van der Waals surface area contributed by atoms with E-state index in [2.05, 4.69) is 20.7 Å². The van der Waals surface area contributed by atoms with Crippen molar-refractivity contribution in [3.8, 4) is 17.0 Å². The number of amides is 1. The predicted molar refractivity (Wildman–Crippen MR) is 89.0 cm³/mol. The van der Waals surface area contributed by atoms with Crippen molar-refractivity contribution >= 4 is 12.1 Å². The Labute approximate surface area is 138 Å². The number of para-hydroxylation sites is 1. The largest absolute Gasteiger partial charge is 0.493 e. The molecule has 0 atom stereocenters. The van der Waals surface area contributed by atoms with E-state index in [4.69, 9.17) is 9.15 Å². The number of benzene rings is 1. The van der Waals surface area contributed by atoms with Gasteiger partial charge in [-0.15, -0.1) is 0 Å². The molecule has 0 unspecified atom stereocenters. The molecule has 3 rings (SSSR count). The molecule has 3 aromatic rings. The van der Waals surface area contributed by atoms with E-state index in [1.165, 1.54) is 12.5 Å². The normalized spacial score (nSPS) is 10.9. The van der Waals surface area contributed by atoms with Crippen molar-refractivity contribution < 1.29 is 13.9 Å². The molecule has 0 bridgehead atoms. The fourth-order valence-electron chi connectivity index (χ4n) is 2.12. The molecule has 0 saturated heterocycles. The standard InChI is InChI=1S/C17H16N4O3/c1-2-23-16-8-4-3-7-13(16)14-10-15(20-19-14)17(22)21-18-11-12-6-5-9-24-12/h3-11H,2H2,1H3,(H,19,20)(H,21,22). The van der Waals surface area contributed by atoms with Crippen molar-refractivity contribution in [2.24, 2.45) is 5.10 Å². The minimum Gasteiger partial charge on any atom is -0.493 e. The molecule has 0 spiro atoms. The molecule has 24 heavy (non-hydrogen) atoms. The van der Waals surface area contributed by atoms with Gasteiger partial charge in [-0.2, -0.15) is 10.2 Å². The van der Waals surface area contributed by atoms with Crippen LogP contribution in [0.15, 0.2) is 58.2 Å². The average Bonchev–Trinajstić information content (AvgIpc) is 3.27. The third-order valence-electron chi connectivity index (χ3n) is 3.19. The molecule has 1 aromatic carbocycles. The van der Waals surface area contributed by atoms with Gasteiger partial charge in [-0.25, -0.2) is 5.43 Å². The van der Waals surface area contributed by atoms with Gasteiger partial charge in [0.1, 0.15) is 17.2 Å². The highest BCUT2D eigenvalue weighted by Crippen LogP contribution is 2.28. The summed E-state index contributed by atoms with van der Waals surface area (Å²) in [4.78, 5) is 12.1. The lowest BCUT2D eigenvalue weighted by molar-refractivity contribution is 0.0950. The Bertz CT molecular complexity index is 837. The third-order valence-corrected chi connectivity index (χ3v) is 3.19. The first-order chi connectivity index (χ1) is 11.8. The summed E-state index contributed by atoms with van der Waals surface area (Å²) >= 11 is 0. The van der Waals surface area contributed by atoms with Crippen LogP contribution in [0.1, 0.15) is 23.2 Å². The van der Waals surface area contributed by atoms with Crippen LogP contribution in [0.3, 0.4) is 0 Å². The number of nitrogens with one attached hydrogen (secondary N) is 2. The summed E-state index contributed by atoms with van der Waals surface area (Å²) in [6.45, 7) is 2.47. The smallest absolute Gasteiger partial charge is 0.289 e. The number of aromatic amines is 1. The zero-order chi connectivity index (χ0) is 16.8. The first-order valence-electron chi connectivity index (χ1n) is 7.42. The molecule has 2 N–H and O–H groups in total. The van der Waals surface area contributed by atoms with E-state index >= 15 is 0 Å². The van der Waals surface area contributed by atoms with Crippen molar-refractivity contribution in [3.63, 3.8) is 0 Å². The topological polar surface area (TPSA) is 92.5 Å². The summed E-state index contributed by atoms with van der Waals surface area (Å²) in [5, 5.41) is 10.7. The monoisotopic (exact) mass is 324 g/mol. The second-order valence-electron chi connectivity index (χ2n) is 4.81. The van der Waals surface area contributed by atoms with E-state index in [0.717, 1.165) is 5.56 Å². The number of hydrogen-bond acceptors (Lipinski definition) is 5. The fourth-order valence-corrected chi connectivity index (χ4v) is 2.12. The number of carbonyl (C=O) groups excluding carboxylic acids is 1. The van der Waals surface area contributed by atoms with Gasteiger partial charge in [-0.05, 0) is 37.3 Å². The Morgan fingerprint density at radius 2 is 2.25 bits per heavy atom. The molecular formula is C17H16N4O3. The van der Waals surface area contributed by atoms with Gasteiger partial charge in [0.2, 0.25) is 0 Å². The molecule has 0 aliphatic carbocycles. The Morgan fingerprint density at radius 3 is 3.04 bits per heavy atom. The molecule has 0 aliphatic rings. The first-order valence-corrected chi connectivity index (χ1v) is 7.42. The minimum atomic E-state index is -0.398. The molecule has 7 nitrogen and oxygen atoms in total. The summed E-state index contributed by atoms with van der Waals surface area (Å²) < 4.78 is 10.7. The Morgan fingerprint density at radius 1 is 1.38 bits per heavy atom. The Balaban J connectivity index is 1.72. The lowest BCUT2D eigenvalue weighted by atomic mass is 10.1. The van der Waals surface area contributed by atoms with Crippen molar-refractivity contribution in [3.05, 3.63) is 60.2 Å². The highest BCUT2D eigenvalue weighted by atomic mass is 16.5. The third kappa shape index (κ3) is 3.52. The summed E-state index contributed by atoms with van der Waals surface area (Å²) in [5.74, 6) is 0.867. The van der Waals surface area contributed by atoms with Crippen LogP contribution in [0.25, 0.3) is 11.3 Å².